The van der Waals surface area contributed by atoms with Gasteiger partial charge in [-0.2, -0.15) is 0 Å². The lowest BCUT2D eigenvalue weighted by atomic mass is 10.2. The molecular formula is C11H13N3O4. The molecular weight excluding hydrogens is 238 g/mol. The van der Waals surface area contributed by atoms with Gasteiger partial charge in [-0.1, -0.05) is 0 Å². The Morgan fingerprint density at radius 2 is 1.83 bits per heavy atom. The third kappa shape index (κ3) is 2.24. The molecule has 0 saturated heterocycles. The molecule has 1 fully saturated rings. The molecule has 18 heavy (non-hydrogen) atoms. The number of hydrogen-bond acceptors (Lipinski definition) is 4. The maximum Gasteiger partial charge on any atom is 0.253 e. The van der Waals surface area contributed by atoms with Gasteiger partial charge in [0.2, 0.25) is 11.8 Å². The summed E-state index contributed by atoms with van der Waals surface area (Å²) in [6.07, 6.45) is 3.36. The third-order valence-corrected chi connectivity index (χ3v) is 3.06. The van der Waals surface area contributed by atoms with Crippen molar-refractivity contribution in [1.29, 1.82) is 0 Å². The highest BCUT2D eigenvalue weighted by Crippen LogP contribution is 2.34. The van der Waals surface area contributed by atoms with E-state index in [1.807, 2.05) is 0 Å². The average molecular weight is 251 g/mol. The predicted molar refractivity (Wildman–Crippen MR) is 59.8 cm³/mol. The van der Waals surface area contributed by atoms with Crippen LogP contribution in [0.5, 0.6) is 0 Å². The number of carbonyl (C=O) groups excluding carboxylic acids is 4. The number of nitrogens with zero attached hydrogens (tertiary/aromatic N) is 1. The number of rotatable bonds is 5. The van der Waals surface area contributed by atoms with Gasteiger partial charge in [0.25, 0.3) is 11.8 Å². The van der Waals surface area contributed by atoms with E-state index in [0.717, 1.165) is 17.1 Å². The van der Waals surface area contributed by atoms with E-state index in [2.05, 4.69) is 5.32 Å². The summed E-state index contributed by atoms with van der Waals surface area (Å²) in [4.78, 5) is 46.1. The molecule has 0 radical (unpaired) electrons. The number of nitrogens with one attached hydrogen (secondary N) is 1. The monoisotopic (exact) mass is 251 g/mol. The number of hydrogen-bond donors (Lipinski definition) is 2. The molecule has 0 bridgehead atoms. The van der Waals surface area contributed by atoms with E-state index in [0.29, 0.717) is 12.8 Å². The SMILES string of the molecule is NC(=O)C1(NC(=O)CCN2C(=O)C=CC2=O)CC1. The molecule has 1 heterocycles. The van der Waals surface area contributed by atoms with Gasteiger partial charge in [-0.25, -0.2) is 0 Å². The first-order valence-corrected chi connectivity index (χ1v) is 5.59. The Hall–Kier alpha value is -2.18. The van der Waals surface area contributed by atoms with Gasteiger partial charge in [0, 0.05) is 25.1 Å². The van der Waals surface area contributed by atoms with E-state index in [9.17, 15) is 19.2 Å². The second kappa shape index (κ2) is 4.25. The standard InChI is InChI=1S/C11H13N3O4/c12-10(18)11(4-5-11)13-7(15)3-6-14-8(16)1-2-9(14)17/h1-2H,3-6H2,(H2,12,18)(H,13,15). The largest absolute Gasteiger partial charge is 0.368 e. The summed E-state index contributed by atoms with van der Waals surface area (Å²) < 4.78 is 0. The third-order valence-electron chi connectivity index (χ3n) is 3.06. The second-order valence-electron chi connectivity index (χ2n) is 4.41. The Morgan fingerprint density at radius 1 is 1.28 bits per heavy atom. The smallest absolute Gasteiger partial charge is 0.253 e. The molecule has 96 valence electrons. The van der Waals surface area contributed by atoms with Gasteiger partial charge in [-0.3, -0.25) is 24.1 Å². The van der Waals surface area contributed by atoms with Crippen molar-refractivity contribution in [2.75, 3.05) is 6.54 Å². The molecule has 0 spiro atoms. The van der Waals surface area contributed by atoms with E-state index in [-0.39, 0.29) is 18.9 Å². The highest BCUT2D eigenvalue weighted by molar-refractivity contribution is 6.13. The van der Waals surface area contributed by atoms with Crippen LogP contribution in [0.15, 0.2) is 12.2 Å². The fraction of sp³-hybridized carbons (Fsp3) is 0.455. The molecule has 0 aromatic carbocycles. The quantitative estimate of drug-likeness (QED) is 0.575. The maximum atomic E-state index is 11.6. The molecule has 1 saturated carbocycles. The Bertz CT molecular complexity index is 447. The molecule has 2 aliphatic rings. The number of amides is 4. The van der Waals surface area contributed by atoms with Gasteiger partial charge in [-0.15, -0.1) is 0 Å². The van der Waals surface area contributed by atoms with Gasteiger partial charge in [0.05, 0.1) is 0 Å². The topological polar surface area (TPSA) is 110 Å². The fourth-order valence-corrected chi connectivity index (χ4v) is 1.75. The minimum absolute atomic E-state index is 0.00530. The maximum absolute atomic E-state index is 11.6. The lowest BCUT2D eigenvalue weighted by Crippen LogP contribution is -2.47. The van der Waals surface area contributed by atoms with Crippen molar-refractivity contribution in [2.45, 2.75) is 24.8 Å². The van der Waals surface area contributed by atoms with Crippen molar-refractivity contribution >= 4 is 23.6 Å². The molecule has 0 unspecified atom stereocenters. The summed E-state index contributed by atoms with van der Waals surface area (Å²) in [7, 11) is 0. The lowest BCUT2D eigenvalue weighted by Gasteiger charge is -2.16. The molecule has 7 heteroatoms. The van der Waals surface area contributed by atoms with Crippen molar-refractivity contribution in [1.82, 2.24) is 10.2 Å². The van der Waals surface area contributed by atoms with Crippen LogP contribution >= 0.6 is 0 Å². The molecule has 0 aromatic heterocycles. The van der Waals surface area contributed by atoms with Crippen molar-refractivity contribution < 1.29 is 19.2 Å². The highest BCUT2D eigenvalue weighted by atomic mass is 16.2. The van der Waals surface area contributed by atoms with Crippen LogP contribution in [-0.2, 0) is 19.2 Å². The van der Waals surface area contributed by atoms with Crippen LogP contribution in [0.25, 0.3) is 0 Å². The highest BCUT2D eigenvalue weighted by Gasteiger charge is 2.49. The predicted octanol–water partition coefficient (Wildman–Crippen LogP) is -1.56. The van der Waals surface area contributed by atoms with Crippen molar-refractivity contribution in [3.05, 3.63) is 12.2 Å². The van der Waals surface area contributed by atoms with Gasteiger partial charge in [0.15, 0.2) is 0 Å². The summed E-state index contributed by atoms with van der Waals surface area (Å²) in [5, 5.41) is 2.54. The Morgan fingerprint density at radius 3 is 2.28 bits per heavy atom. The molecule has 3 N–H and O–H groups in total. The van der Waals surface area contributed by atoms with E-state index < -0.39 is 23.3 Å². The van der Waals surface area contributed by atoms with E-state index >= 15 is 0 Å². The van der Waals surface area contributed by atoms with Crippen LogP contribution in [-0.4, -0.2) is 40.6 Å². The molecule has 0 atom stereocenters. The van der Waals surface area contributed by atoms with Gasteiger partial charge in [0.1, 0.15) is 5.54 Å². The summed E-state index contributed by atoms with van der Waals surface area (Å²) in [6, 6.07) is 0. The lowest BCUT2D eigenvalue weighted by molar-refractivity contribution is -0.137. The minimum Gasteiger partial charge on any atom is -0.368 e. The second-order valence-corrected chi connectivity index (χ2v) is 4.41. The summed E-state index contributed by atoms with van der Waals surface area (Å²) in [6.45, 7) is 0.00530. The van der Waals surface area contributed by atoms with Crippen LogP contribution in [0.4, 0.5) is 0 Å². The van der Waals surface area contributed by atoms with Gasteiger partial charge < -0.3 is 11.1 Å². The van der Waals surface area contributed by atoms with Crippen LogP contribution in [0.3, 0.4) is 0 Å². The van der Waals surface area contributed by atoms with Crippen molar-refractivity contribution in [3.63, 3.8) is 0 Å². The Balaban J connectivity index is 1.81. The number of nitrogens with two attached hydrogens (primary N) is 1. The van der Waals surface area contributed by atoms with E-state index in [1.165, 1.54) is 0 Å². The molecule has 7 nitrogen and oxygen atoms in total. The van der Waals surface area contributed by atoms with Crippen LogP contribution in [0, 0.1) is 0 Å². The number of carbonyl (C=O) groups is 4. The zero-order valence-corrected chi connectivity index (χ0v) is 9.64. The summed E-state index contributed by atoms with van der Waals surface area (Å²) >= 11 is 0. The van der Waals surface area contributed by atoms with Crippen molar-refractivity contribution in [2.24, 2.45) is 5.73 Å². The number of imide groups is 1. The summed E-state index contributed by atoms with van der Waals surface area (Å²) in [5.41, 5.74) is 4.25. The van der Waals surface area contributed by atoms with Gasteiger partial charge in [-0.05, 0) is 12.8 Å². The normalized spacial score (nSPS) is 20.1. The summed E-state index contributed by atoms with van der Waals surface area (Å²) in [5.74, 6) is -1.79. The van der Waals surface area contributed by atoms with Crippen LogP contribution < -0.4 is 11.1 Å². The zero-order chi connectivity index (χ0) is 13.3. The molecule has 1 aliphatic heterocycles. The van der Waals surface area contributed by atoms with E-state index in [4.69, 9.17) is 5.73 Å². The zero-order valence-electron chi connectivity index (χ0n) is 9.64. The molecule has 1 aliphatic carbocycles. The first kappa shape index (κ1) is 12.3. The molecule has 0 aromatic rings. The Kier molecular flexibility index (Phi) is 2.90. The van der Waals surface area contributed by atoms with Crippen molar-refractivity contribution in [3.8, 4) is 0 Å². The first-order valence-electron chi connectivity index (χ1n) is 5.59. The fourth-order valence-electron chi connectivity index (χ4n) is 1.75. The molecule has 4 amide bonds. The Labute approximate surface area is 103 Å². The average Bonchev–Trinajstić information content (AvgIpc) is 3.00. The van der Waals surface area contributed by atoms with Crippen LogP contribution in [0.1, 0.15) is 19.3 Å². The number of primary amides is 1. The molecule has 2 rings (SSSR count). The van der Waals surface area contributed by atoms with Crippen LogP contribution in [0.2, 0.25) is 0 Å². The minimum atomic E-state index is -0.908. The van der Waals surface area contributed by atoms with Gasteiger partial charge >= 0.3 is 0 Å². The van der Waals surface area contributed by atoms with E-state index in [1.54, 1.807) is 0 Å². The first-order chi connectivity index (χ1) is 8.44.